The third-order valence-corrected chi connectivity index (χ3v) is 6.68. The lowest BCUT2D eigenvalue weighted by Gasteiger charge is -2.38. The van der Waals surface area contributed by atoms with Crippen molar-refractivity contribution in [3.8, 4) is 0 Å². The maximum atomic E-state index is 13.2. The Balaban J connectivity index is 2.24. The van der Waals surface area contributed by atoms with Crippen LogP contribution in [0.2, 0.25) is 15.2 Å². The molecule has 1 unspecified atom stereocenters. The van der Waals surface area contributed by atoms with E-state index in [1.807, 2.05) is 13.8 Å². The average molecular weight is 555 g/mol. The van der Waals surface area contributed by atoms with Gasteiger partial charge in [-0.25, -0.2) is 9.78 Å². The second kappa shape index (κ2) is 11.8. The number of allylic oxidation sites excluding steroid dienone is 1. The quantitative estimate of drug-likeness (QED) is 0.196. The molecule has 0 spiro atoms. The molecule has 1 aliphatic heterocycles. The molecule has 36 heavy (non-hydrogen) atoms. The van der Waals surface area contributed by atoms with Crippen LogP contribution in [0, 0.1) is 10.1 Å². The summed E-state index contributed by atoms with van der Waals surface area (Å²) in [6.07, 6.45) is 2.18. The summed E-state index contributed by atoms with van der Waals surface area (Å²) in [4.78, 5) is 32.6. The Bertz CT molecular complexity index is 1220. The number of nitrogens with two attached hydrogens (primary N) is 1. The van der Waals surface area contributed by atoms with Gasteiger partial charge < -0.3 is 20.3 Å². The Morgan fingerprint density at radius 1 is 1.22 bits per heavy atom. The highest BCUT2D eigenvalue weighted by molar-refractivity contribution is 6.42. The fourth-order valence-electron chi connectivity index (χ4n) is 4.01. The molecule has 0 radical (unpaired) electrons. The number of nitro groups is 1. The smallest absolute Gasteiger partial charge is 0.338 e. The van der Waals surface area contributed by atoms with Crippen molar-refractivity contribution in [1.82, 2.24) is 14.8 Å². The summed E-state index contributed by atoms with van der Waals surface area (Å²) < 4.78 is 5.37. The summed E-state index contributed by atoms with van der Waals surface area (Å²) in [6.45, 7) is 4.54. The second-order valence-electron chi connectivity index (χ2n) is 8.07. The van der Waals surface area contributed by atoms with E-state index in [1.165, 1.54) is 17.0 Å². The van der Waals surface area contributed by atoms with E-state index in [9.17, 15) is 14.9 Å². The molecule has 0 bridgehead atoms. The predicted molar refractivity (Wildman–Crippen MR) is 139 cm³/mol. The Kier molecular flexibility index (Phi) is 9.05. The minimum absolute atomic E-state index is 0.0380. The van der Waals surface area contributed by atoms with E-state index >= 15 is 0 Å². The van der Waals surface area contributed by atoms with Gasteiger partial charge in [0.05, 0.1) is 27.1 Å². The first-order valence-corrected chi connectivity index (χ1v) is 12.3. The van der Waals surface area contributed by atoms with Gasteiger partial charge in [-0.05, 0) is 42.7 Å². The van der Waals surface area contributed by atoms with Crippen LogP contribution in [0.25, 0.3) is 0 Å². The van der Waals surface area contributed by atoms with Gasteiger partial charge in [0.15, 0.2) is 5.82 Å². The minimum atomic E-state index is -1.15. The van der Waals surface area contributed by atoms with Crippen LogP contribution in [0.4, 0.5) is 0 Å². The van der Waals surface area contributed by atoms with Gasteiger partial charge in [-0.1, -0.05) is 53.9 Å². The Labute approximate surface area is 224 Å². The summed E-state index contributed by atoms with van der Waals surface area (Å²) in [5.74, 6) is -1.61. The number of esters is 1. The van der Waals surface area contributed by atoms with Crippen molar-refractivity contribution in [2.24, 2.45) is 5.73 Å². The summed E-state index contributed by atoms with van der Waals surface area (Å²) in [5.41, 5.74) is 7.38. The molecule has 3 rings (SSSR count). The van der Waals surface area contributed by atoms with Crippen LogP contribution >= 0.6 is 34.8 Å². The fourth-order valence-corrected chi connectivity index (χ4v) is 4.43. The van der Waals surface area contributed by atoms with Gasteiger partial charge in [0.1, 0.15) is 16.9 Å². The Morgan fingerprint density at radius 2 is 1.94 bits per heavy atom. The number of ether oxygens (including phenoxy) is 1. The fraction of sp³-hybridized carbons (Fsp3) is 0.333. The number of hydrogen-bond donors (Lipinski definition) is 1. The number of aromatic nitrogens is 1. The number of pyridine rings is 1. The zero-order valence-corrected chi connectivity index (χ0v) is 22.3. The van der Waals surface area contributed by atoms with Crippen molar-refractivity contribution in [1.29, 1.82) is 0 Å². The average Bonchev–Trinajstić information content (AvgIpc) is 2.85. The van der Waals surface area contributed by atoms with Crippen LogP contribution in [-0.4, -0.2) is 45.9 Å². The molecular formula is C24H26Cl3N5O4. The minimum Gasteiger partial charge on any atom is -0.462 e. The molecule has 0 amide bonds. The van der Waals surface area contributed by atoms with E-state index in [4.69, 9.17) is 45.3 Å². The molecule has 2 aromatic rings. The van der Waals surface area contributed by atoms with Gasteiger partial charge in [-0.15, -0.1) is 0 Å². The van der Waals surface area contributed by atoms with Gasteiger partial charge in [0.25, 0.3) is 5.70 Å². The third-order valence-electron chi connectivity index (χ3n) is 5.72. The van der Waals surface area contributed by atoms with E-state index in [2.05, 4.69) is 4.98 Å². The lowest BCUT2D eigenvalue weighted by atomic mass is 9.85. The van der Waals surface area contributed by atoms with Crippen molar-refractivity contribution in [3.63, 3.8) is 0 Å². The van der Waals surface area contributed by atoms with Crippen molar-refractivity contribution in [3.05, 3.63) is 95.9 Å². The van der Waals surface area contributed by atoms with Crippen LogP contribution in [0.5, 0.6) is 0 Å². The van der Waals surface area contributed by atoms with Crippen molar-refractivity contribution in [2.45, 2.75) is 32.7 Å². The first-order valence-electron chi connectivity index (χ1n) is 11.2. The molecule has 0 saturated heterocycles. The number of nitrogens with zero attached hydrogens (tertiary/aromatic N) is 4. The highest BCUT2D eigenvalue weighted by atomic mass is 35.5. The summed E-state index contributed by atoms with van der Waals surface area (Å²) in [5, 5.41) is 13.4. The van der Waals surface area contributed by atoms with E-state index in [1.54, 1.807) is 36.3 Å². The molecule has 1 atom stereocenters. The molecule has 0 saturated carbocycles. The number of rotatable bonds is 9. The van der Waals surface area contributed by atoms with E-state index < -0.39 is 16.8 Å². The van der Waals surface area contributed by atoms with E-state index in [-0.39, 0.29) is 46.1 Å². The van der Waals surface area contributed by atoms with Crippen LogP contribution < -0.4 is 5.73 Å². The van der Waals surface area contributed by atoms with E-state index in [0.717, 1.165) is 5.56 Å². The standard InChI is InChI=1S/C24H26Cl3N5O4/c1-4-10-36-24(33)20-19(15-7-8-16(25)17(26)11-15)21(32(34)35)23(30(3)22(20)28)31(5-2)13-14-6-9-18(27)29-12-14/h6-9,11-12,19H,4-5,10,13,28H2,1-3H3. The molecular weight excluding hydrogens is 529 g/mol. The molecule has 1 aromatic heterocycles. The number of carbonyl (C=O) groups excluding carboxylic acids is 1. The Hall–Kier alpha value is -3.01. The molecule has 1 aliphatic rings. The van der Waals surface area contributed by atoms with Crippen molar-refractivity contribution < 1.29 is 14.5 Å². The van der Waals surface area contributed by atoms with Crippen LogP contribution in [0.3, 0.4) is 0 Å². The summed E-state index contributed by atoms with van der Waals surface area (Å²) >= 11 is 18.3. The molecule has 12 heteroatoms. The largest absolute Gasteiger partial charge is 0.462 e. The third kappa shape index (κ3) is 5.69. The van der Waals surface area contributed by atoms with Gasteiger partial charge in [0.2, 0.25) is 0 Å². The van der Waals surface area contributed by atoms with Crippen LogP contribution in [0.15, 0.2) is 59.4 Å². The Morgan fingerprint density at radius 3 is 2.50 bits per heavy atom. The number of hydrogen-bond acceptors (Lipinski definition) is 8. The van der Waals surface area contributed by atoms with Gasteiger partial charge in [-0.3, -0.25) is 10.1 Å². The molecule has 1 aromatic carbocycles. The van der Waals surface area contributed by atoms with Gasteiger partial charge in [-0.2, -0.15) is 0 Å². The number of halogens is 3. The first-order chi connectivity index (χ1) is 17.1. The number of carbonyl (C=O) groups is 1. The normalized spacial score (nSPS) is 15.8. The summed E-state index contributed by atoms with van der Waals surface area (Å²) in [7, 11) is 1.58. The molecule has 0 aliphatic carbocycles. The predicted octanol–water partition coefficient (Wildman–Crippen LogP) is 5.16. The van der Waals surface area contributed by atoms with Crippen molar-refractivity contribution >= 4 is 40.8 Å². The van der Waals surface area contributed by atoms with Crippen LogP contribution in [-0.2, 0) is 16.1 Å². The topological polar surface area (TPSA) is 115 Å². The zero-order chi connectivity index (χ0) is 26.6. The summed E-state index contributed by atoms with van der Waals surface area (Å²) in [6, 6.07) is 8.05. The second-order valence-corrected chi connectivity index (χ2v) is 9.27. The van der Waals surface area contributed by atoms with Gasteiger partial charge >= 0.3 is 5.97 Å². The van der Waals surface area contributed by atoms with E-state index in [0.29, 0.717) is 23.7 Å². The van der Waals surface area contributed by atoms with Crippen LogP contribution in [0.1, 0.15) is 37.3 Å². The molecule has 0 fully saturated rings. The lowest BCUT2D eigenvalue weighted by Crippen LogP contribution is -2.43. The SMILES string of the molecule is CCCOC(=O)C1=C(N)N(C)C(N(CC)Cc2ccc(Cl)nc2)=C([N+](=O)[O-])C1c1ccc(Cl)c(Cl)c1. The first kappa shape index (κ1) is 27.6. The van der Waals surface area contributed by atoms with Gasteiger partial charge in [0, 0.05) is 26.3 Å². The monoisotopic (exact) mass is 553 g/mol. The molecule has 192 valence electrons. The highest BCUT2D eigenvalue weighted by Gasteiger charge is 2.46. The molecule has 9 nitrogen and oxygen atoms in total. The number of benzene rings is 1. The van der Waals surface area contributed by atoms with Crippen molar-refractivity contribution in [2.75, 3.05) is 20.2 Å². The maximum Gasteiger partial charge on any atom is 0.338 e. The molecule has 2 N–H and O–H groups in total. The lowest BCUT2D eigenvalue weighted by molar-refractivity contribution is -0.433. The zero-order valence-electron chi connectivity index (χ0n) is 20.0. The maximum absolute atomic E-state index is 13.2. The molecule has 2 heterocycles. The highest BCUT2D eigenvalue weighted by Crippen LogP contribution is 2.43.